The van der Waals surface area contributed by atoms with Gasteiger partial charge >= 0.3 is 0 Å². The third-order valence-corrected chi connectivity index (χ3v) is 9.44. The van der Waals surface area contributed by atoms with Crippen LogP contribution in [0.4, 0.5) is 0 Å². The van der Waals surface area contributed by atoms with Crippen molar-refractivity contribution < 1.29 is 99.5 Å². The topological polar surface area (TPSA) is 331 Å². The molecule has 2 aromatic carbocycles. The molecule has 0 amide bonds. The lowest BCUT2D eigenvalue weighted by Crippen LogP contribution is -2.62. The van der Waals surface area contributed by atoms with Crippen LogP contribution in [0.25, 0.3) is 6.08 Å². The maximum Gasteiger partial charge on any atom is 0.270 e. The monoisotopic (exact) mass is 759 g/mol. The molecule has 3 fully saturated rings. The summed E-state index contributed by atoms with van der Waals surface area (Å²) < 4.78 is 38.2. The van der Waals surface area contributed by atoms with Crippen LogP contribution in [0.15, 0.2) is 42.2 Å². The maximum atomic E-state index is 10.9. The SMILES string of the molecule is OCC1OC(OCC2OC(OCC3OC(OC4=Cc5c(O)cc(O)cc5[OH+]C4c4ccc(O)cc4)C(O)C(O)C3O)C(O)C(O)C2O)C(O)C(O)C1O. The molecule has 2 aromatic rings. The van der Waals surface area contributed by atoms with E-state index in [9.17, 15) is 66.4 Å². The number of aliphatic hydroxyl groups is 11. The molecule has 0 bridgehead atoms. The van der Waals surface area contributed by atoms with Gasteiger partial charge in [-0.15, -0.1) is 0 Å². The second kappa shape index (κ2) is 16.1. The Morgan fingerprint density at radius 1 is 0.566 bits per heavy atom. The molecule has 16 atom stereocenters. The number of phenolic OH excluding ortho intramolecular Hbond substituents is 3. The quantitative estimate of drug-likeness (QED) is 0.102. The predicted molar refractivity (Wildman–Crippen MR) is 170 cm³/mol. The zero-order valence-corrected chi connectivity index (χ0v) is 27.6. The van der Waals surface area contributed by atoms with Crippen LogP contribution in [0.2, 0.25) is 0 Å². The van der Waals surface area contributed by atoms with Crippen molar-refractivity contribution in [2.75, 3.05) is 19.8 Å². The van der Waals surface area contributed by atoms with Crippen LogP contribution in [0.1, 0.15) is 17.2 Å². The second-order valence-electron chi connectivity index (χ2n) is 13.1. The number of aromatic hydroxyl groups is 4. The summed E-state index contributed by atoms with van der Waals surface area (Å²) in [5.41, 5.74) is 0.621. The van der Waals surface area contributed by atoms with Crippen LogP contribution in [-0.2, 0) is 28.4 Å². The molecule has 4 heterocycles. The Morgan fingerprint density at radius 3 is 1.60 bits per heavy atom. The highest BCUT2D eigenvalue weighted by Gasteiger charge is 2.50. The zero-order valence-electron chi connectivity index (χ0n) is 27.6. The van der Waals surface area contributed by atoms with Crippen molar-refractivity contribution >= 4 is 6.08 Å². The molecule has 20 heteroatoms. The number of aliphatic hydroxyl groups excluding tert-OH is 10. The molecule has 6 rings (SSSR count). The van der Waals surface area contributed by atoms with E-state index in [1.54, 1.807) is 0 Å². The van der Waals surface area contributed by atoms with Crippen molar-refractivity contribution in [1.82, 2.24) is 0 Å². The number of hydrogen-bond acceptors (Lipinski definition) is 19. The highest BCUT2D eigenvalue weighted by atomic mass is 16.7. The van der Waals surface area contributed by atoms with E-state index in [-0.39, 0.29) is 34.3 Å². The van der Waals surface area contributed by atoms with Crippen molar-refractivity contribution in [1.29, 1.82) is 0 Å². The Hall–Kier alpha value is -3.42. The molecule has 3 saturated heterocycles. The third-order valence-electron chi connectivity index (χ3n) is 9.44. The smallest absolute Gasteiger partial charge is 0.270 e. The van der Waals surface area contributed by atoms with Crippen LogP contribution in [0, 0.1) is 0 Å². The number of benzene rings is 2. The van der Waals surface area contributed by atoms with Gasteiger partial charge in [0.25, 0.3) is 11.9 Å². The molecule has 0 aliphatic carbocycles. The van der Waals surface area contributed by atoms with Gasteiger partial charge in [-0.05, 0) is 24.3 Å². The van der Waals surface area contributed by atoms with Gasteiger partial charge in [0.2, 0.25) is 6.29 Å². The summed E-state index contributed by atoms with van der Waals surface area (Å²) in [7, 11) is 0. The lowest BCUT2D eigenvalue weighted by molar-refractivity contribution is -0.341. The summed E-state index contributed by atoms with van der Waals surface area (Å²) in [5, 5.41) is 134. The van der Waals surface area contributed by atoms with Crippen LogP contribution >= 0.6 is 0 Å². The van der Waals surface area contributed by atoms with E-state index in [1.807, 2.05) is 0 Å². The molecule has 0 saturated carbocycles. The number of ether oxygens (including phenoxy) is 7. The fourth-order valence-corrected chi connectivity index (χ4v) is 6.34. The lowest BCUT2D eigenvalue weighted by atomic mass is 9.98. The van der Waals surface area contributed by atoms with E-state index >= 15 is 0 Å². The van der Waals surface area contributed by atoms with Crippen molar-refractivity contribution in [2.45, 2.75) is 98.2 Å². The highest BCUT2D eigenvalue weighted by Crippen LogP contribution is 2.45. The largest absolute Gasteiger partial charge is 0.571 e. The number of fused-ring (bicyclic) bond motifs is 1. The van der Waals surface area contributed by atoms with Gasteiger partial charge in [0.15, 0.2) is 18.3 Å². The van der Waals surface area contributed by atoms with Crippen molar-refractivity contribution in [3.05, 3.63) is 53.3 Å². The Kier molecular flexibility index (Phi) is 12.0. The predicted octanol–water partition coefficient (Wildman–Crippen LogP) is -4.39. The zero-order chi connectivity index (χ0) is 38.3. The standard InChI is InChI=1S/C33H42O20/c34-8-18-21(38)24(41)27(44)31(51-18)47-9-19-22(39)25(42)28(45)32(52-19)48-10-20-23(40)26(43)29(46)33(53-20)50-17-7-14-15(37)5-13(36)6-16(14)49-30(17)11-1-3-12(35)4-2-11/h1-7,18-46H,8-10H2/p+1. The van der Waals surface area contributed by atoms with Gasteiger partial charge in [-0.1, -0.05) is 0 Å². The van der Waals surface area contributed by atoms with Crippen LogP contribution in [0.5, 0.6) is 23.0 Å². The molecule has 53 heavy (non-hydrogen) atoms. The number of rotatable bonds is 10. The summed E-state index contributed by atoms with van der Waals surface area (Å²) in [5.74, 6) is -0.479. The van der Waals surface area contributed by atoms with Gasteiger partial charge in [-0.2, -0.15) is 0 Å². The van der Waals surface area contributed by atoms with Crippen molar-refractivity contribution in [3.8, 4) is 23.0 Å². The summed E-state index contributed by atoms with van der Waals surface area (Å²) in [4.78, 5) is 0. The molecular weight excluding hydrogens is 716 g/mol. The second-order valence-corrected chi connectivity index (χ2v) is 13.1. The van der Waals surface area contributed by atoms with Gasteiger partial charge in [-0.3, -0.25) is 0 Å². The Morgan fingerprint density at radius 2 is 1.06 bits per heavy atom. The van der Waals surface area contributed by atoms with Crippen molar-refractivity contribution in [2.24, 2.45) is 0 Å². The first-order valence-corrected chi connectivity index (χ1v) is 16.6. The fraction of sp³-hybridized carbons (Fsp3) is 0.576. The number of hydrogen-bond donors (Lipinski definition) is 13. The summed E-state index contributed by atoms with van der Waals surface area (Å²) >= 11 is 0. The highest BCUT2D eigenvalue weighted by molar-refractivity contribution is 5.69. The van der Waals surface area contributed by atoms with Crippen LogP contribution < -0.4 is 0 Å². The first-order chi connectivity index (χ1) is 25.2. The minimum atomic E-state index is -1.88. The minimum absolute atomic E-state index is 0.0122. The Balaban J connectivity index is 1.14. The van der Waals surface area contributed by atoms with E-state index in [2.05, 4.69) is 4.74 Å². The van der Waals surface area contributed by atoms with E-state index in [0.717, 1.165) is 6.07 Å². The van der Waals surface area contributed by atoms with Gasteiger partial charge in [0.1, 0.15) is 96.1 Å². The first-order valence-electron chi connectivity index (χ1n) is 16.6. The Bertz CT molecular complexity index is 1570. The average Bonchev–Trinajstić information content (AvgIpc) is 3.13. The third kappa shape index (κ3) is 8.03. The molecular formula is C33H43O20+. The van der Waals surface area contributed by atoms with E-state index in [1.165, 1.54) is 36.4 Å². The average molecular weight is 760 g/mol. The van der Waals surface area contributed by atoms with E-state index in [0.29, 0.717) is 5.56 Å². The molecule has 0 spiro atoms. The number of phenols is 3. The molecule has 4 aliphatic rings. The summed E-state index contributed by atoms with van der Waals surface area (Å²) in [6, 6.07) is 8.23. The van der Waals surface area contributed by atoms with Gasteiger partial charge in [0.05, 0.1) is 31.5 Å². The fourth-order valence-electron chi connectivity index (χ4n) is 6.34. The molecule has 0 radical (unpaired) electrons. The van der Waals surface area contributed by atoms with Crippen molar-refractivity contribution in [3.63, 3.8) is 0 Å². The van der Waals surface area contributed by atoms with E-state index in [4.69, 9.17) is 28.4 Å². The van der Waals surface area contributed by atoms with Gasteiger partial charge in [0, 0.05) is 12.1 Å². The molecule has 4 aliphatic heterocycles. The lowest BCUT2D eigenvalue weighted by Gasteiger charge is -2.44. The summed E-state index contributed by atoms with van der Waals surface area (Å²) in [6.07, 6.45) is -25.1. The minimum Gasteiger partial charge on any atom is -0.571 e. The van der Waals surface area contributed by atoms with Crippen LogP contribution in [-0.4, -0.2) is 183 Å². The molecule has 0 aromatic heterocycles. The van der Waals surface area contributed by atoms with Gasteiger partial charge in [-0.25, -0.2) is 0 Å². The first kappa shape index (κ1) is 39.3. The summed E-state index contributed by atoms with van der Waals surface area (Å²) in [6.45, 7) is -2.02. The maximum absolute atomic E-state index is 10.9. The molecule has 20 nitrogen and oxygen atoms in total. The van der Waals surface area contributed by atoms with Crippen LogP contribution in [0.3, 0.4) is 0 Å². The van der Waals surface area contributed by atoms with E-state index < -0.39 is 118 Å². The Labute approximate surface area is 300 Å². The molecule has 14 N–H and O–H groups in total. The van der Waals surface area contributed by atoms with Gasteiger partial charge < -0.3 is 99.5 Å². The molecule has 294 valence electrons. The molecule has 16 unspecified atom stereocenters. The normalized spacial score (nSPS) is 40.2.